The molecule has 3 N–H and O–H groups in total. The fourth-order valence-electron chi connectivity index (χ4n) is 2.62. The molecular weight excluding hydrogens is 331 g/mol. The first kappa shape index (κ1) is 17.0. The highest BCUT2D eigenvalue weighted by Gasteiger charge is 2.36. The van der Waals surface area contributed by atoms with Crippen molar-refractivity contribution < 1.29 is 8.42 Å². The van der Waals surface area contributed by atoms with Gasteiger partial charge in [-0.15, -0.1) is 0 Å². The topological polar surface area (TPSA) is 72.2 Å². The van der Waals surface area contributed by atoms with E-state index in [0.29, 0.717) is 17.1 Å². The Balaban J connectivity index is 2.25. The van der Waals surface area contributed by atoms with Crippen LogP contribution < -0.4 is 10.5 Å². The second kappa shape index (κ2) is 6.42. The first-order valence-corrected chi connectivity index (χ1v) is 9.25. The molecule has 1 aliphatic rings. The van der Waals surface area contributed by atoms with Crippen molar-refractivity contribution in [3.05, 3.63) is 27.7 Å². The molecule has 0 heterocycles. The second-order valence-corrected chi connectivity index (χ2v) is 8.16. The maximum atomic E-state index is 12.5. The quantitative estimate of drug-likeness (QED) is 0.826. The van der Waals surface area contributed by atoms with Crippen molar-refractivity contribution in [1.29, 1.82) is 0 Å². The summed E-state index contributed by atoms with van der Waals surface area (Å²) in [6.07, 6.45) is 4.24. The van der Waals surface area contributed by atoms with Crippen molar-refractivity contribution in [2.24, 2.45) is 11.1 Å². The summed E-state index contributed by atoms with van der Waals surface area (Å²) in [5.41, 5.74) is 6.19. The van der Waals surface area contributed by atoms with Gasteiger partial charge in [0.05, 0.1) is 5.02 Å². The minimum atomic E-state index is -3.69. The van der Waals surface area contributed by atoms with Crippen LogP contribution in [0.3, 0.4) is 0 Å². The molecule has 1 aliphatic carbocycles. The SMILES string of the molecule is CCC1(CNS(=O)(=O)c2cc(Cl)cc(CN)c2Cl)CCC1. The van der Waals surface area contributed by atoms with Gasteiger partial charge in [-0.05, 0) is 42.4 Å². The lowest BCUT2D eigenvalue weighted by atomic mass is 9.67. The molecule has 0 bridgehead atoms. The Morgan fingerprint density at radius 1 is 1.33 bits per heavy atom. The number of benzene rings is 1. The van der Waals surface area contributed by atoms with Gasteiger partial charge in [-0.2, -0.15) is 0 Å². The van der Waals surface area contributed by atoms with E-state index in [1.807, 2.05) is 0 Å². The number of rotatable bonds is 6. The van der Waals surface area contributed by atoms with E-state index in [0.717, 1.165) is 25.7 Å². The van der Waals surface area contributed by atoms with Crippen LogP contribution in [-0.4, -0.2) is 15.0 Å². The summed E-state index contributed by atoms with van der Waals surface area (Å²) < 4.78 is 27.6. The maximum absolute atomic E-state index is 12.5. The van der Waals surface area contributed by atoms with E-state index in [4.69, 9.17) is 28.9 Å². The Morgan fingerprint density at radius 2 is 2.00 bits per heavy atom. The third-order valence-corrected chi connectivity index (χ3v) is 6.59. The zero-order valence-electron chi connectivity index (χ0n) is 12.0. The van der Waals surface area contributed by atoms with Crippen molar-refractivity contribution in [1.82, 2.24) is 4.72 Å². The van der Waals surface area contributed by atoms with Gasteiger partial charge in [-0.25, -0.2) is 13.1 Å². The highest BCUT2D eigenvalue weighted by Crippen LogP contribution is 2.43. The molecule has 0 aromatic heterocycles. The van der Waals surface area contributed by atoms with E-state index >= 15 is 0 Å². The van der Waals surface area contributed by atoms with Gasteiger partial charge >= 0.3 is 0 Å². The lowest BCUT2D eigenvalue weighted by Gasteiger charge is -2.41. The third kappa shape index (κ3) is 3.54. The summed E-state index contributed by atoms with van der Waals surface area (Å²) in [6.45, 7) is 2.67. The number of hydrogen-bond donors (Lipinski definition) is 2. The number of sulfonamides is 1. The van der Waals surface area contributed by atoms with Crippen LogP contribution in [0.15, 0.2) is 17.0 Å². The highest BCUT2D eigenvalue weighted by molar-refractivity contribution is 7.89. The van der Waals surface area contributed by atoms with Crippen molar-refractivity contribution in [2.75, 3.05) is 6.54 Å². The van der Waals surface area contributed by atoms with Crippen molar-refractivity contribution in [3.63, 3.8) is 0 Å². The van der Waals surface area contributed by atoms with E-state index in [1.54, 1.807) is 6.07 Å². The molecule has 1 aromatic carbocycles. The first-order chi connectivity index (χ1) is 9.83. The number of nitrogens with one attached hydrogen (secondary N) is 1. The van der Waals surface area contributed by atoms with Crippen molar-refractivity contribution >= 4 is 33.2 Å². The van der Waals surface area contributed by atoms with Gasteiger partial charge in [-0.1, -0.05) is 36.5 Å². The van der Waals surface area contributed by atoms with Gasteiger partial charge in [0.2, 0.25) is 10.0 Å². The zero-order valence-corrected chi connectivity index (χ0v) is 14.3. The lowest BCUT2D eigenvalue weighted by Crippen LogP contribution is -2.41. The van der Waals surface area contributed by atoms with Crippen LogP contribution in [0.25, 0.3) is 0 Å². The monoisotopic (exact) mass is 350 g/mol. The van der Waals surface area contributed by atoms with Gasteiger partial charge in [0.15, 0.2) is 0 Å². The molecule has 1 saturated carbocycles. The van der Waals surface area contributed by atoms with E-state index in [-0.39, 0.29) is 21.9 Å². The second-order valence-electron chi connectivity index (χ2n) is 5.61. The van der Waals surface area contributed by atoms with Crippen LogP contribution >= 0.6 is 23.2 Å². The molecule has 0 radical (unpaired) electrons. The maximum Gasteiger partial charge on any atom is 0.242 e. The molecule has 7 heteroatoms. The largest absolute Gasteiger partial charge is 0.326 e. The van der Waals surface area contributed by atoms with Gasteiger partial charge in [0, 0.05) is 18.1 Å². The van der Waals surface area contributed by atoms with E-state index in [2.05, 4.69) is 11.6 Å². The summed E-state index contributed by atoms with van der Waals surface area (Å²) in [7, 11) is -3.69. The highest BCUT2D eigenvalue weighted by atomic mass is 35.5. The number of halogens is 2. The van der Waals surface area contributed by atoms with Gasteiger partial charge in [0.1, 0.15) is 4.90 Å². The normalized spacial score (nSPS) is 17.5. The third-order valence-electron chi connectivity index (χ3n) is 4.39. The smallest absolute Gasteiger partial charge is 0.242 e. The van der Waals surface area contributed by atoms with Crippen molar-refractivity contribution in [3.8, 4) is 0 Å². The predicted molar refractivity (Wildman–Crippen MR) is 86.1 cm³/mol. The minimum absolute atomic E-state index is 0.00249. The summed E-state index contributed by atoms with van der Waals surface area (Å²) >= 11 is 12.1. The summed E-state index contributed by atoms with van der Waals surface area (Å²) in [4.78, 5) is 0.00249. The molecule has 1 fully saturated rings. The average molecular weight is 351 g/mol. The fraction of sp³-hybridized carbons (Fsp3) is 0.571. The van der Waals surface area contributed by atoms with Gasteiger partial charge in [0.25, 0.3) is 0 Å². The summed E-state index contributed by atoms with van der Waals surface area (Å²) in [5, 5.41) is 0.461. The van der Waals surface area contributed by atoms with Gasteiger partial charge in [-0.3, -0.25) is 0 Å². The molecule has 2 rings (SSSR count). The van der Waals surface area contributed by atoms with Crippen LogP contribution in [0.2, 0.25) is 10.0 Å². The minimum Gasteiger partial charge on any atom is -0.326 e. The lowest BCUT2D eigenvalue weighted by molar-refractivity contribution is 0.133. The van der Waals surface area contributed by atoms with Crippen LogP contribution in [-0.2, 0) is 16.6 Å². The molecule has 21 heavy (non-hydrogen) atoms. The Kier molecular flexibility index (Phi) is 5.21. The van der Waals surface area contributed by atoms with Crippen LogP contribution in [0.4, 0.5) is 0 Å². The van der Waals surface area contributed by atoms with Crippen LogP contribution in [0.1, 0.15) is 38.2 Å². The summed E-state index contributed by atoms with van der Waals surface area (Å²) in [6, 6.07) is 2.95. The molecule has 4 nitrogen and oxygen atoms in total. The first-order valence-electron chi connectivity index (χ1n) is 7.01. The standard InChI is InChI=1S/C14H20Cl2N2O2S/c1-2-14(4-3-5-14)9-18-21(19,20)12-7-11(15)6-10(8-17)13(12)16/h6-7,18H,2-5,8-9,17H2,1H3. The Hall–Kier alpha value is -0.330. The molecule has 1 aromatic rings. The zero-order chi connectivity index (χ0) is 15.7. The molecule has 0 amide bonds. The molecule has 0 saturated heterocycles. The Morgan fingerprint density at radius 3 is 2.48 bits per heavy atom. The molecule has 0 unspecified atom stereocenters. The molecule has 0 spiro atoms. The van der Waals surface area contributed by atoms with Gasteiger partial charge < -0.3 is 5.73 Å². The number of hydrogen-bond acceptors (Lipinski definition) is 3. The molecular formula is C14H20Cl2N2O2S. The fourth-order valence-corrected chi connectivity index (χ4v) is 4.72. The van der Waals surface area contributed by atoms with Crippen LogP contribution in [0.5, 0.6) is 0 Å². The number of nitrogens with two attached hydrogens (primary N) is 1. The van der Waals surface area contributed by atoms with E-state index in [1.165, 1.54) is 6.07 Å². The Bertz CT molecular complexity index is 623. The average Bonchev–Trinajstić information content (AvgIpc) is 2.40. The predicted octanol–water partition coefficient (Wildman–Crippen LogP) is 3.31. The molecule has 0 aliphatic heterocycles. The van der Waals surface area contributed by atoms with Crippen molar-refractivity contribution in [2.45, 2.75) is 44.0 Å². The summed E-state index contributed by atoms with van der Waals surface area (Å²) in [5.74, 6) is 0. The van der Waals surface area contributed by atoms with Crippen LogP contribution in [0, 0.1) is 5.41 Å². The molecule has 118 valence electrons. The Labute approximate surface area is 136 Å². The molecule has 0 atom stereocenters. The van der Waals surface area contributed by atoms with E-state index in [9.17, 15) is 8.42 Å². The van der Waals surface area contributed by atoms with E-state index < -0.39 is 10.0 Å².